The molecule has 0 saturated heterocycles. The number of fused-ring (bicyclic) bond motifs is 3. The average molecular weight is 626 g/mol. The van der Waals surface area contributed by atoms with Gasteiger partial charge in [0.05, 0.1) is 5.75 Å². The predicted molar refractivity (Wildman–Crippen MR) is 186 cm³/mol. The first-order valence-corrected chi connectivity index (χ1v) is 15.8. The molecule has 0 atom stereocenters. The highest BCUT2D eigenvalue weighted by molar-refractivity contribution is 8.00. The van der Waals surface area contributed by atoms with Crippen LogP contribution >= 0.6 is 11.8 Å². The fourth-order valence-corrected chi connectivity index (χ4v) is 6.01. The third-order valence-electron chi connectivity index (χ3n) is 7.36. The zero-order chi connectivity index (χ0) is 31.9. The second-order valence-corrected chi connectivity index (χ2v) is 11.5. The first kappa shape index (κ1) is 30.4. The summed E-state index contributed by atoms with van der Waals surface area (Å²) in [7, 11) is 0. The van der Waals surface area contributed by atoms with E-state index in [1.165, 1.54) is 17.3 Å². The van der Waals surface area contributed by atoms with Gasteiger partial charge in [-0.05, 0) is 79.2 Å². The van der Waals surface area contributed by atoms with Gasteiger partial charge in [0.15, 0.2) is 0 Å². The van der Waals surface area contributed by atoms with Crippen LogP contribution in [-0.2, 0) is 16.1 Å². The monoisotopic (exact) mass is 625 g/mol. The number of anilines is 2. The molecule has 8 nitrogen and oxygen atoms in total. The number of nitrogens with one attached hydrogen (secondary N) is 3. The number of hydrogen-bond donors (Lipinski definition) is 3. The van der Waals surface area contributed by atoms with Gasteiger partial charge in [0, 0.05) is 62.6 Å². The van der Waals surface area contributed by atoms with Gasteiger partial charge >= 0.3 is 0 Å². The van der Waals surface area contributed by atoms with Crippen LogP contribution in [0, 0.1) is 0 Å². The number of thioether (sulfide) groups is 1. The van der Waals surface area contributed by atoms with Crippen molar-refractivity contribution in [3.05, 3.63) is 138 Å². The van der Waals surface area contributed by atoms with Crippen molar-refractivity contribution in [1.29, 1.82) is 0 Å². The van der Waals surface area contributed by atoms with Gasteiger partial charge in [0.1, 0.15) is 5.70 Å². The number of carbonyl (C=O) groups excluding carboxylic acids is 3. The van der Waals surface area contributed by atoms with E-state index in [9.17, 15) is 14.4 Å². The van der Waals surface area contributed by atoms with E-state index in [2.05, 4.69) is 44.6 Å². The molecule has 46 heavy (non-hydrogen) atoms. The Morgan fingerprint density at radius 3 is 2.37 bits per heavy atom. The number of amides is 3. The first-order valence-electron chi connectivity index (χ1n) is 14.8. The van der Waals surface area contributed by atoms with Crippen LogP contribution in [0.5, 0.6) is 0 Å². The van der Waals surface area contributed by atoms with Gasteiger partial charge in [-0.15, -0.1) is 11.8 Å². The SMILES string of the molecule is CCn1c2ccccc2c2cc(NC(=O)CSc3cccc(NC(=O)/C(=C/c4cccnc4)NC(=O)c4ccccc4)c3)ccc21. The lowest BCUT2D eigenvalue weighted by molar-refractivity contribution is -0.114. The van der Waals surface area contributed by atoms with Gasteiger partial charge in [0.2, 0.25) is 5.91 Å². The summed E-state index contributed by atoms with van der Waals surface area (Å²) < 4.78 is 2.27. The lowest BCUT2D eigenvalue weighted by Crippen LogP contribution is -2.30. The van der Waals surface area contributed by atoms with Crippen molar-refractivity contribution < 1.29 is 14.4 Å². The average Bonchev–Trinajstić information content (AvgIpc) is 3.41. The second kappa shape index (κ2) is 14.0. The minimum atomic E-state index is -0.493. The van der Waals surface area contributed by atoms with E-state index in [0.717, 1.165) is 33.4 Å². The Bertz CT molecular complexity index is 2070. The minimum Gasteiger partial charge on any atom is -0.341 e. The van der Waals surface area contributed by atoms with E-state index in [4.69, 9.17) is 0 Å². The van der Waals surface area contributed by atoms with Crippen molar-refractivity contribution in [1.82, 2.24) is 14.9 Å². The van der Waals surface area contributed by atoms with Crippen LogP contribution in [0.15, 0.2) is 132 Å². The number of hydrogen-bond acceptors (Lipinski definition) is 5. The molecule has 2 aromatic heterocycles. The molecule has 9 heteroatoms. The molecule has 0 spiro atoms. The van der Waals surface area contributed by atoms with Gasteiger partial charge in [-0.1, -0.05) is 48.5 Å². The maximum absolute atomic E-state index is 13.4. The van der Waals surface area contributed by atoms with Crippen molar-refractivity contribution in [3.8, 4) is 0 Å². The summed E-state index contributed by atoms with van der Waals surface area (Å²) in [6.07, 6.45) is 4.81. The largest absolute Gasteiger partial charge is 0.341 e. The fourth-order valence-electron chi connectivity index (χ4n) is 5.25. The van der Waals surface area contributed by atoms with E-state index in [1.807, 2.05) is 42.5 Å². The second-order valence-electron chi connectivity index (χ2n) is 10.5. The molecule has 0 aliphatic carbocycles. The molecule has 4 aromatic carbocycles. The Kier molecular flexibility index (Phi) is 9.22. The summed E-state index contributed by atoms with van der Waals surface area (Å²) in [4.78, 5) is 44.1. The molecule has 6 aromatic rings. The van der Waals surface area contributed by atoms with Crippen LogP contribution in [0.4, 0.5) is 11.4 Å². The van der Waals surface area contributed by atoms with Crippen LogP contribution in [0.2, 0.25) is 0 Å². The van der Waals surface area contributed by atoms with E-state index < -0.39 is 11.8 Å². The van der Waals surface area contributed by atoms with E-state index >= 15 is 0 Å². The Labute approximate surface area is 270 Å². The number of carbonyl (C=O) groups is 3. The van der Waals surface area contributed by atoms with Crippen molar-refractivity contribution in [3.63, 3.8) is 0 Å². The van der Waals surface area contributed by atoms with Crippen molar-refractivity contribution in [2.45, 2.75) is 18.4 Å². The van der Waals surface area contributed by atoms with Crippen LogP contribution in [0.1, 0.15) is 22.8 Å². The highest BCUT2D eigenvalue weighted by Gasteiger charge is 2.16. The molecule has 0 bridgehead atoms. The van der Waals surface area contributed by atoms with Crippen LogP contribution in [0.25, 0.3) is 27.9 Å². The number of para-hydroxylation sites is 1. The number of nitrogens with zero attached hydrogens (tertiary/aromatic N) is 2. The zero-order valence-electron chi connectivity index (χ0n) is 25.1. The van der Waals surface area contributed by atoms with Gasteiger partial charge in [-0.2, -0.15) is 0 Å². The number of pyridine rings is 1. The number of aromatic nitrogens is 2. The molecule has 6 rings (SSSR count). The third kappa shape index (κ3) is 7.00. The molecule has 0 radical (unpaired) electrons. The van der Waals surface area contributed by atoms with E-state index in [0.29, 0.717) is 16.8 Å². The van der Waals surface area contributed by atoms with Crippen molar-refractivity contribution in [2.24, 2.45) is 0 Å². The molecule has 2 heterocycles. The van der Waals surface area contributed by atoms with Gasteiger partial charge in [0.25, 0.3) is 11.8 Å². The molecule has 3 N–H and O–H groups in total. The van der Waals surface area contributed by atoms with E-state index in [-0.39, 0.29) is 17.4 Å². The summed E-state index contributed by atoms with van der Waals surface area (Å²) in [6, 6.07) is 33.7. The lowest BCUT2D eigenvalue weighted by atomic mass is 10.1. The summed E-state index contributed by atoms with van der Waals surface area (Å²) in [5.41, 5.74) is 4.72. The van der Waals surface area contributed by atoms with Gasteiger partial charge in [-0.25, -0.2) is 0 Å². The van der Waals surface area contributed by atoms with Crippen molar-refractivity contribution in [2.75, 3.05) is 16.4 Å². The molecule has 0 aliphatic heterocycles. The van der Waals surface area contributed by atoms with Gasteiger partial charge < -0.3 is 20.5 Å². The minimum absolute atomic E-state index is 0.0679. The highest BCUT2D eigenvalue weighted by atomic mass is 32.2. The maximum atomic E-state index is 13.4. The molecular weight excluding hydrogens is 595 g/mol. The van der Waals surface area contributed by atoms with Crippen LogP contribution in [0.3, 0.4) is 0 Å². The summed E-state index contributed by atoms with van der Waals surface area (Å²) in [6.45, 7) is 2.98. The third-order valence-corrected chi connectivity index (χ3v) is 8.35. The maximum Gasteiger partial charge on any atom is 0.272 e. The number of rotatable bonds is 10. The van der Waals surface area contributed by atoms with Gasteiger partial charge in [-0.3, -0.25) is 19.4 Å². The first-order chi connectivity index (χ1) is 22.5. The Balaban J connectivity index is 1.12. The predicted octanol–water partition coefficient (Wildman–Crippen LogP) is 7.35. The van der Waals surface area contributed by atoms with Crippen LogP contribution < -0.4 is 16.0 Å². The number of aryl methyl sites for hydroxylation is 1. The molecule has 0 fully saturated rings. The number of benzene rings is 4. The van der Waals surface area contributed by atoms with Crippen LogP contribution in [-0.4, -0.2) is 33.0 Å². The van der Waals surface area contributed by atoms with Crippen molar-refractivity contribution >= 4 is 68.7 Å². The fraction of sp³-hybridized carbons (Fsp3) is 0.0811. The lowest BCUT2D eigenvalue weighted by Gasteiger charge is -2.12. The Hall–Kier alpha value is -5.67. The summed E-state index contributed by atoms with van der Waals surface area (Å²) in [5, 5.41) is 10.9. The molecule has 0 unspecified atom stereocenters. The molecule has 3 amide bonds. The summed E-state index contributed by atoms with van der Waals surface area (Å²) >= 11 is 1.36. The molecule has 0 aliphatic rings. The van der Waals surface area contributed by atoms with E-state index in [1.54, 1.807) is 73.1 Å². The normalized spacial score (nSPS) is 11.4. The topological polar surface area (TPSA) is 105 Å². The molecule has 228 valence electrons. The molecular formula is C37H31N5O3S. The standard InChI is InChI=1S/C37H31N5O3S/c1-2-42-33-16-7-6-15-30(33)31-22-28(17-18-34(31)42)39-35(43)24-46-29-14-8-13-27(21-29)40-37(45)32(20-25-10-9-19-38-23-25)41-36(44)26-11-4-3-5-12-26/h3-23H,2,24H2,1H3,(H,39,43)(H,40,45)(H,41,44)/b32-20-. The highest BCUT2D eigenvalue weighted by Crippen LogP contribution is 2.31. The summed E-state index contributed by atoms with van der Waals surface area (Å²) in [5.74, 6) is -0.849. The molecule has 0 saturated carbocycles. The quantitative estimate of drug-likeness (QED) is 0.109. The Morgan fingerprint density at radius 1 is 0.783 bits per heavy atom. The Morgan fingerprint density at radius 2 is 1.57 bits per heavy atom. The zero-order valence-corrected chi connectivity index (χ0v) is 25.9. The smallest absolute Gasteiger partial charge is 0.272 e.